The van der Waals surface area contributed by atoms with Crippen LogP contribution in [0, 0.1) is 0 Å². The number of rotatable bonds is 2. The van der Waals surface area contributed by atoms with Crippen molar-refractivity contribution in [3.8, 4) is 0 Å². The third-order valence-corrected chi connectivity index (χ3v) is 2.17. The SMILES string of the molecule is CB(C)N[Si](C)(C)C. The second-order valence-electron chi connectivity index (χ2n) is 3.55. The van der Waals surface area contributed by atoms with Crippen LogP contribution in [0.5, 0.6) is 0 Å². The first-order valence-electron chi connectivity index (χ1n) is 3.19. The van der Waals surface area contributed by atoms with Gasteiger partial charge in [0, 0.05) is 0 Å². The molecule has 0 aliphatic carbocycles. The quantitative estimate of drug-likeness (QED) is 0.559. The molecule has 0 heterocycles. The Hall–Kier alpha value is 0.242. The van der Waals surface area contributed by atoms with E-state index in [1.54, 1.807) is 0 Å². The van der Waals surface area contributed by atoms with E-state index in [-0.39, 0.29) is 0 Å². The minimum absolute atomic E-state index is 0.654. The second-order valence-corrected chi connectivity index (χ2v) is 8.34. The summed E-state index contributed by atoms with van der Waals surface area (Å²) in [7, 11) is -0.970. The van der Waals surface area contributed by atoms with Gasteiger partial charge in [0.15, 0.2) is 0 Å². The standard InChI is InChI=1S/C5H16BNSi/c1-6(2)7-8(3,4)5/h7H,1-5H3. The van der Waals surface area contributed by atoms with Crippen molar-refractivity contribution in [2.24, 2.45) is 0 Å². The molecule has 0 spiro atoms. The minimum atomic E-state index is -0.970. The Morgan fingerprint density at radius 1 is 1.12 bits per heavy atom. The van der Waals surface area contributed by atoms with Crippen LogP contribution in [0.3, 0.4) is 0 Å². The lowest BCUT2D eigenvalue weighted by molar-refractivity contribution is 1.36. The highest BCUT2D eigenvalue weighted by molar-refractivity contribution is 6.82. The predicted octanol–water partition coefficient (Wildman–Crippen LogP) is 1.66. The Bertz CT molecular complexity index is 67.3. The van der Waals surface area contributed by atoms with Crippen molar-refractivity contribution in [3.63, 3.8) is 0 Å². The molecule has 0 aromatic carbocycles. The molecular formula is C5H16BNSi. The molecule has 0 saturated heterocycles. The molecule has 0 aromatic rings. The Balaban J connectivity index is 3.39. The van der Waals surface area contributed by atoms with Crippen LogP contribution >= 0.6 is 0 Å². The number of hydrogen-bond donors (Lipinski definition) is 1. The van der Waals surface area contributed by atoms with Gasteiger partial charge in [0.1, 0.15) is 8.24 Å². The van der Waals surface area contributed by atoms with Crippen LogP contribution in [0.15, 0.2) is 0 Å². The van der Waals surface area contributed by atoms with Gasteiger partial charge in [0.2, 0.25) is 6.85 Å². The molecule has 0 aromatic heterocycles. The van der Waals surface area contributed by atoms with Gasteiger partial charge in [-0.3, -0.25) is 0 Å². The average Bonchev–Trinajstić information content (AvgIpc) is 1.21. The minimum Gasteiger partial charge on any atom is -0.379 e. The van der Waals surface area contributed by atoms with Gasteiger partial charge in [0.05, 0.1) is 0 Å². The van der Waals surface area contributed by atoms with Crippen molar-refractivity contribution in [2.75, 3.05) is 0 Å². The maximum Gasteiger partial charge on any atom is 0.206 e. The molecule has 8 heavy (non-hydrogen) atoms. The zero-order valence-electron chi connectivity index (χ0n) is 6.58. The molecule has 0 aliphatic rings. The summed E-state index contributed by atoms with van der Waals surface area (Å²) >= 11 is 0. The summed E-state index contributed by atoms with van der Waals surface area (Å²) in [6, 6.07) is 0. The third kappa shape index (κ3) is 6.24. The van der Waals surface area contributed by atoms with Crippen molar-refractivity contribution in [3.05, 3.63) is 0 Å². The molecule has 0 bridgehead atoms. The Labute approximate surface area is 54.1 Å². The molecule has 0 rings (SSSR count). The molecular weight excluding hydrogens is 113 g/mol. The fourth-order valence-corrected chi connectivity index (χ4v) is 2.60. The molecule has 1 nitrogen and oxygen atoms in total. The zero-order valence-corrected chi connectivity index (χ0v) is 7.58. The summed E-state index contributed by atoms with van der Waals surface area (Å²) in [5.74, 6) is 0. The van der Waals surface area contributed by atoms with Crippen LogP contribution in [0.2, 0.25) is 33.3 Å². The van der Waals surface area contributed by atoms with Crippen LogP contribution in [0.25, 0.3) is 0 Å². The summed E-state index contributed by atoms with van der Waals surface area (Å²) in [6.45, 7) is 12.0. The van der Waals surface area contributed by atoms with E-state index in [2.05, 4.69) is 38.2 Å². The lowest BCUT2D eigenvalue weighted by Gasteiger charge is -2.19. The topological polar surface area (TPSA) is 12.0 Å². The summed E-state index contributed by atoms with van der Waals surface area (Å²) in [6.07, 6.45) is 0. The highest BCUT2D eigenvalue weighted by Gasteiger charge is 2.13. The van der Waals surface area contributed by atoms with E-state index in [1.165, 1.54) is 0 Å². The molecule has 3 heteroatoms. The van der Waals surface area contributed by atoms with Crippen LogP contribution in [-0.2, 0) is 0 Å². The first-order chi connectivity index (χ1) is 3.42. The third-order valence-electron chi connectivity index (χ3n) is 0.722. The molecule has 48 valence electrons. The zero-order chi connectivity index (χ0) is 6.78. The Morgan fingerprint density at radius 3 is 1.50 bits per heavy atom. The van der Waals surface area contributed by atoms with Gasteiger partial charge < -0.3 is 4.89 Å². The number of nitrogens with one attached hydrogen (secondary N) is 1. The fourth-order valence-electron chi connectivity index (χ4n) is 0.866. The molecule has 0 atom stereocenters. The van der Waals surface area contributed by atoms with Crippen molar-refractivity contribution in [2.45, 2.75) is 33.3 Å². The molecule has 1 N–H and O–H groups in total. The van der Waals surface area contributed by atoms with E-state index >= 15 is 0 Å². The van der Waals surface area contributed by atoms with E-state index in [0.717, 1.165) is 0 Å². The summed E-state index contributed by atoms with van der Waals surface area (Å²) < 4.78 is 0. The van der Waals surface area contributed by atoms with E-state index < -0.39 is 8.24 Å². The summed E-state index contributed by atoms with van der Waals surface area (Å²) in [5.41, 5.74) is 0. The van der Waals surface area contributed by atoms with Crippen molar-refractivity contribution in [1.29, 1.82) is 0 Å². The van der Waals surface area contributed by atoms with Gasteiger partial charge in [-0.05, 0) is 0 Å². The van der Waals surface area contributed by atoms with Crippen molar-refractivity contribution in [1.82, 2.24) is 4.89 Å². The smallest absolute Gasteiger partial charge is 0.206 e. The first kappa shape index (κ1) is 8.24. The largest absolute Gasteiger partial charge is 0.379 e. The van der Waals surface area contributed by atoms with Gasteiger partial charge in [-0.1, -0.05) is 33.3 Å². The van der Waals surface area contributed by atoms with Gasteiger partial charge >= 0.3 is 0 Å². The van der Waals surface area contributed by atoms with Crippen molar-refractivity contribution < 1.29 is 0 Å². The molecule has 0 saturated carbocycles. The van der Waals surface area contributed by atoms with Crippen LogP contribution in [0.4, 0.5) is 0 Å². The molecule has 0 fully saturated rings. The lowest BCUT2D eigenvalue weighted by atomic mass is 9.71. The average molecular weight is 129 g/mol. The molecule has 0 radical (unpaired) electrons. The normalized spacial score (nSPS) is 11.6. The summed E-state index contributed by atoms with van der Waals surface area (Å²) in [4.78, 5) is 3.52. The first-order valence-corrected chi connectivity index (χ1v) is 6.69. The van der Waals surface area contributed by atoms with Gasteiger partial charge in [-0.15, -0.1) is 0 Å². The Kier molecular flexibility index (Phi) is 2.77. The van der Waals surface area contributed by atoms with Gasteiger partial charge in [-0.25, -0.2) is 0 Å². The Morgan fingerprint density at radius 2 is 1.50 bits per heavy atom. The predicted molar refractivity (Wildman–Crippen MR) is 44.0 cm³/mol. The summed E-state index contributed by atoms with van der Waals surface area (Å²) in [5, 5.41) is 0. The molecule has 0 aliphatic heterocycles. The molecule has 0 unspecified atom stereocenters. The van der Waals surface area contributed by atoms with E-state index in [9.17, 15) is 0 Å². The second kappa shape index (κ2) is 2.69. The van der Waals surface area contributed by atoms with Crippen LogP contribution in [0.1, 0.15) is 0 Å². The van der Waals surface area contributed by atoms with E-state index in [4.69, 9.17) is 0 Å². The van der Waals surface area contributed by atoms with E-state index in [1.807, 2.05) is 0 Å². The number of hydrogen-bond acceptors (Lipinski definition) is 1. The molecule has 0 amide bonds. The highest BCUT2D eigenvalue weighted by Crippen LogP contribution is 1.94. The maximum absolute atomic E-state index is 3.52. The highest BCUT2D eigenvalue weighted by atomic mass is 28.3. The van der Waals surface area contributed by atoms with Gasteiger partial charge in [-0.2, -0.15) is 0 Å². The fraction of sp³-hybridized carbons (Fsp3) is 1.00. The monoisotopic (exact) mass is 129 g/mol. The van der Waals surface area contributed by atoms with Crippen molar-refractivity contribution >= 4 is 15.1 Å². The lowest BCUT2D eigenvalue weighted by Crippen LogP contribution is -2.47. The maximum atomic E-state index is 3.52. The van der Waals surface area contributed by atoms with E-state index in [0.29, 0.717) is 6.85 Å². The van der Waals surface area contributed by atoms with Gasteiger partial charge in [0.25, 0.3) is 0 Å². The van der Waals surface area contributed by atoms with Crippen LogP contribution in [-0.4, -0.2) is 15.1 Å². The van der Waals surface area contributed by atoms with Crippen LogP contribution < -0.4 is 4.89 Å².